The van der Waals surface area contributed by atoms with E-state index in [4.69, 9.17) is 4.74 Å². The Morgan fingerprint density at radius 1 is 1.36 bits per heavy atom. The van der Waals surface area contributed by atoms with E-state index in [9.17, 15) is 4.79 Å². The van der Waals surface area contributed by atoms with E-state index >= 15 is 0 Å². The smallest absolute Gasteiger partial charge is 0.323 e. The van der Waals surface area contributed by atoms with Gasteiger partial charge in [0.1, 0.15) is 5.52 Å². The van der Waals surface area contributed by atoms with Gasteiger partial charge >= 0.3 is 5.69 Å². The number of hydrogen-bond acceptors (Lipinski definition) is 2. The van der Waals surface area contributed by atoms with Crippen LogP contribution in [0.4, 0.5) is 0 Å². The molecule has 2 rings (SSSR count). The molecule has 0 fully saturated rings. The van der Waals surface area contributed by atoms with Gasteiger partial charge in [0.25, 0.3) is 0 Å². The van der Waals surface area contributed by atoms with Crippen molar-refractivity contribution in [3.05, 3.63) is 26.6 Å². The Balaban J connectivity index is 2.96. The third-order valence-corrected chi connectivity index (χ3v) is 2.70. The average molecular weight is 257 g/mol. The molecule has 4 nitrogen and oxygen atoms in total. The summed E-state index contributed by atoms with van der Waals surface area (Å²) < 4.78 is 6.02. The quantitative estimate of drug-likeness (QED) is 0.820. The molecule has 0 bridgehead atoms. The lowest BCUT2D eigenvalue weighted by Crippen LogP contribution is -1.99. The number of aromatic nitrogens is 2. The lowest BCUT2D eigenvalue weighted by atomic mass is 10.2. The Bertz CT molecular complexity index is 541. The van der Waals surface area contributed by atoms with E-state index in [2.05, 4.69) is 25.9 Å². The van der Waals surface area contributed by atoms with Gasteiger partial charge in [-0.2, -0.15) is 0 Å². The van der Waals surface area contributed by atoms with Gasteiger partial charge < -0.3 is 14.7 Å². The minimum Gasteiger partial charge on any atom is -0.493 e. The minimum absolute atomic E-state index is 0.223. The maximum Gasteiger partial charge on any atom is 0.323 e. The first-order valence-electron chi connectivity index (χ1n) is 4.08. The highest BCUT2D eigenvalue weighted by molar-refractivity contribution is 9.10. The molecule has 0 atom stereocenters. The van der Waals surface area contributed by atoms with Gasteiger partial charge in [-0.3, -0.25) is 0 Å². The van der Waals surface area contributed by atoms with Gasteiger partial charge in [-0.25, -0.2) is 4.79 Å². The molecule has 5 heteroatoms. The van der Waals surface area contributed by atoms with Crippen LogP contribution in [0.1, 0.15) is 5.56 Å². The first-order valence-corrected chi connectivity index (χ1v) is 4.88. The third-order valence-electron chi connectivity index (χ3n) is 2.11. The number of H-pyrrole nitrogens is 2. The average Bonchev–Trinajstić information content (AvgIpc) is 2.48. The molecular weight excluding hydrogens is 248 g/mol. The van der Waals surface area contributed by atoms with Gasteiger partial charge in [0, 0.05) is 0 Å². The zero-order valence-corrected chi connectivity index (χ0v) is 9.36. The van der Waals surface area contributed by atoms with Crippen LogP contribution in [-0.4, -0.2) is 17.1 Å². The van der Waals surface area contributed by atoms with Crippen LogP contribution in [0.5, 0.6) is 5.75 Å². The standard InChI is InChI=1S/C9H9BrN2O2/c1-4-3-5(10)8(14-2)7-6(4)11-9(13)12-7/h3H,1-2H3,(H2,11,12,13). The summed E-state index contributed by atoms with van der Waals surface area (Å²) in [5.74, 6) is 0.643. The van der Waals surface area contributed by atoms with Crippen LogP contribution < -0.4 is 10.4 Å². The van der Waals surface area contributed by atoms with Crippen LogP contribution in [0, 0.1) is 6.92 Å². The predicted molar refractivity (Wildman–Crippen MR) is 57.9 cm³/mol. The molecule has 0 unspecified atom stereocenters. The van der Waals surface area contributed by atoms with Gasteiger partial charge in [-0.1, -0.05) is 0 Å². The SMILES string of the molecule is COc1c(Br)cc(C)c2[nH]c(=O)[nH]c12. The highest BCUT2D eigenvalue weighted by atomic mass is 79.9. The molecule has 1 aromatic heterocycles. The van der Waals surface area contributed by atoms with E-state index < -0.39 is 0 Å². The molecule has 74 valence electrons. The molecule has 0 aliphatic rings. The summed E-state index contributed by atoms with van der Waals surface area (Å²) >= 11 is 3.38. The summed E-state index contributed by atoms with van der Waals surface area (Å²) in [5, 5.41) is 0. The number of aromatic amines is 2. The Labute approximate surface area is 88.4 Å². The van der Waals surface area contributed by atoms with Crippen molar-refractivity contribution in [2.45, 2.75) is 6.92 Å². The number of rotatable bonds is 1. The molecule has 2 aromatic rings. The fraction of sp³-hybridized carbons (Fsp3) is 0.222. The number of halogens is 1. The Morgan fingerprint density at radius 2 is 2.00 bits per heavy atom. The summed E-state index contributed by atoms with van der Waals surface area (Å²) in [6.07, 6.45) is 0. The molecule has 1 aromatic carbocycles. The van der Waals surface area contributed by atoms with Crippen LogP contribution in [0.2, 0.25) is 0 Å². The van der Waals surface area contributed by atoms with Crippen LogP contribution >= 0.6 is 15.9 Å². The Morgan fingerprint density at radius 3 is 2.64 bits per heavy atom. The summed E-state index contributed by atoms with van der Waals surface area (Å²) in [4.78, 5) is 16.5. The highest BCUT2D eigenvalue weighted by Crippen LogP contribution is 2.32. The van der Waals surface area contributed by atoms with Crippen molar-refractivity contribution in [2.24, 2.45) is 0 Å². The molecular formula is C9H9BrN2O2. The lowest BCUT2D eigenvalue weighted by Gasteiger charge is -2.05. The highest BCUT2D eigenvalue weighted by Gasteiger charge is 2.11. The number of ether oxygens (including phenoxy) is 1. The van der Waals surface area contributed by atoms with Crippen molar-refractivity contribution in [1.82, 2.24) is 9.97 Å². The molecule has 0 saturated carbocycles. The second kappa shape index (κ2) is 3.16. The zero-order chi connectivity index (χ0) is 10.3. The molecule has 0 amide bonds. The number of hydrogen-bond donors (Lipinski definition) is 2. The summed E-state index contributed by atoms with van der Waals surface area (Å²) in [6.45, 7) is 1.93. The number of methoxy groups -OCH3 is 1. The van der Waals surface area contributed by atoms with E-state index in [-0.39, 0.29) is 5.69 Å². The summed E-state index contributed by atoms with van der Waals surface area (Å²) in [6, 6.07) is 1.91. The molecule has 2 N–H and O–H groups in total. The number of aryl methyl sites for hydroxylation is 1. The van der Waals surface area contributed by atoms with Crippen LogP contribution in [0.3, 0.4) is 0 Å². The van der Waals surface area contributed by atoms with E-state index in [0.29, 0.717) is 11.3 Å². The first-order chi connectivity index (χ1) is 6.63. The maximum atomic E-state index is 11.1. The number of imidazole rings is 1. The molecule has 1 heterocycles. The van der Waals surface area contributed by atoms with Crippen LogP contribution in [0.15, 0.2) is 15.3 Å². The maximum absolute atomic E-state index is 11.1. The first kappa shape index (κ1) is 9.33. The molecule has 0 radical (unpaired) electrons. The van der Waals surface area contributed by atoms with Crippen LogP contribution in [-0.2, 0) is 0 Å². The summed E-state index contributed by atoms with van der Waals surface area (Å²) in [5.41, 5.74) is 2.25. The Hall–Kier alpha value is -1.23. The van der Waals surface area contributed by atoms with E-state index in [1.807, 2.05) is 13.0 Å². The Kier molecular flexibility index (Phi) is 2.11. The normalized spacial score (nSPS) is 10.8. The van der Waals surface area contributed by atoms with E-state index in [0.717, 1.165) is 15.6 Å². The molecule has 0 spiro atoms. The predicted octanol–water partition coefficient (Wildman–Crippen LogP) is 1.94. The number of nitrogens with one attached hydrogen (secondary N) is 2. The van der Waals surface area contributed by atoms with Gasteiger partial charge in [-0.15, -0.1) is 0 Å². The summed E-state index contributed by atoms with van der Waals surface area (Å²) in [7, 11) is 1.57. The monoisotopic (exact) mass is 256 g/mol. The minimum atomic E-state index is -0.223. The number of benzene rings is 1. The van der Waals surface area contributed by atoms with Crippen molar-refractivity contribution < 1.29 is 4.74 Å². The molecule has 14 heavy (non-hydrogen) atoms. The largest absolute Gasteiger partial charge is 0.493 e. The number of fused-ring (bicyclic) bond motifs is 1. The van der Waals surface area contributed by atoms with Crippen molar-refractivity contribution in [1.29, 1.82) is 0 Å². The van der Waals surface area contributed by atoms with Crippen molar-refractivity contribution in [3.8, 4) is 5.75 Å². The van der Waals surface area contributed by atoms with Crippen molar-refractivity contribution in [2.75, 3.05) is 7.11 Å². The van der Waals surface area contributed by atoms with Gasteiger partial charge in [0.15, 0.2) is 5.75 Å². The van der Waals surface area contributed by atoms with Crippen molar-refractivity contribution in [3.63, 3.8) is 0 Å². The van der Waals surface area contributed by atoms with Crippen molar-refractivity contribution >= 4 is 27.0 Å². The molecule has 0 saturated heterocycles. The third kappa shape index (κ3) is 1.24. The molecule has 0 aliphatic heterocycles. The van der Waals surface area contributed by atoms with Gasteiger partial charge in [0.05, 0.1) is 17.1 Å². The molecule has 0 aliphatic carbocycles. The fourth-order valence-corrected chi connectivity index (χ4v) is 2.20. The van der Waals surface area contributed by atoms with Gasteiger partial charge in [0.2, 0.25) is 0 Å². The van der Waals surface area contributed by atoms with E-state index in [1.54, 1.807) is 7.11 Å². The lowest BCUT2D eigenvalue weighted by molar-refractivity contribution is 0.416. The van der Waals surface area contributed by atoms with Gasteiger partial charge in [-0.05, 0) is 34.5 Å². The zero-order valence-electron chi connectivity index (χ0n) is 7.77. The fourth-order valence-electron chi connectivity index (χ4n) is 1.50. The second-order valence-corrected chi connectivity index (χ2v) is 3.89. The van der Waals surface area contributed by atoms with Crippen LogP contribution in [0.25, 0.3) is 11.0 Å². The topological polar surface area (TPSA) is 57.9 Å². The van der Waals surface area contributed by atoms with E-state index in [1.165, 1.54) is 0 Å². The second-order valence-electron chi connectivity index (χ2n) is 3.04.